The molecule has 0 N–H and O–H groups in total. The van der Waals surface area contributed by atoms with E-state index in [0.29, 0.717) is 13.1 Å². The Balaban J connectivity index is 1.27. The molecule has 2 aromatic rings. The van der Waals surface area contributed by atoms with Gasteiger partial charge in [-0.15, -0.1) is 11.3 Å². The van der Waals surface area contributed by atoms with E-state index >= 15 is 0 Å². The number of amides is 2. The SMILES string of the molecule is CC1CN(C(=O)c2cccs2)C(C)CN1CCCCCCN1C(=S)N(c2ccc(C#N)c(C(F)(F)F)c2)C(=O)C1(C)C. The van der Waals surface area contributed by atoms with Crippen molar-refractivity contribution < 1.29 is 22.8 Å². The van der Waals surface area contributed by atoms with Crippen LogP contribution in [0.1, 0.15) is 74.2 Å². The van der Waals surface area contributed by atoms with Gasteiger partial charge in [-0.05, 0) is 88.9 Å². The number of hydrogen-bond donors (Lipinski definition) is 0. The summed E-state index contributed by atoms with van der Waals surface area (Å²) in [5, 5.41) is 11.2. The molecule has 7 nitrogen and oxygen atoms in total. The molecule has 0 radical (unpaired) electrons. The van der Waals surface area contributed by atoms with Crippen LogP contribution in [0.15, 0.2) is 35.7 Å². The molecule has 12 heteroatoms. The number of thiophene rings is 1. The summed E-state index contributed by atoms with van der Waals surface area (Å²) in [6, 6.07) is 8.97. The number of hydrogen-bond acceptors (Lipinski definition) is 6. The van der Waals surface area contributed by atoms with Gasteiger partial charge in [-0.25, -0.2) is 0 Å². The summed E-state index contributed by atoms with van der Waals surface area (Å²) in [6.45, 7) is 10.7. The predicted octanol–water partition coefficient (Wildman–Crippen LogP) is 6.15. The summed E-state index contributed by atoms with van der Waals surface area (Å²) in [6.07, 6.45) is -1.05. The number of piperazine rings is 1. The Morgan fingerprint density at radius 3 is 2.40 bits per heavy atom. The van der Waals surface area contributed by atoms with E-state index in [-0.39, 0.29) is 28.8 Å². The zero-order valence-electron chi connectivity index (χ0n) is 24.3. The van der Waals surface area contributed by atoms with Crippen LogP contribution in [-0.4, -0.2) is 75.4 Å². The molecule has 2 amide bonds. The van der Waals surface area contributed by atoms with Gasteiger partial charge < -0.3 is 9.80 Å². The Bertz CT molecular complexity index is 1360. The standard InChI is InChI=1S/C30H36F3N5O2S2/c1-20-19-36(26(39)25-10-9-15-42-25)21(2)18-35(20)13-7-5-6-8-14-37-28(41)38(27(40)29(37,3)4)23-12-11-22(17-34)24(16-23)30(31,32)33/h9-12,15-16,20-21H,5-8,13-14,18-19H2,1-4H3. The van der Waals surface area contributed by atoms with Crippen LogP contribution in [0.4, 0.5) is 18.9 Å². The minimum Gasteiger partial charge on any atom is -0.334 e. The van der Waals surface area contributed by atoms with E-state index in [4.69, 9.17) is 17.5 Å². The van der Waals surface area contributed by atoms with E-state index in [9.17, 15) is 22.8 Å². The van der Waals surface area contributed by atoms with Gasteiger partial charge in [0.15, 0.2) is 5.11 Å². The summed E-state index contributed by atoms with van der Waals surface area (Å²) in [7, 11) is 0. The molecular weight excluding hydrogens is 583 g/mol. The molecule has 2 unspecified atom stereocenters. The van der Waals surface area contributed by atoms with Gasteiger partial charge in [0.05, 0.1) is 27.8 Å². The first-order valence-corrected chi connectivity index (χ1v) is 15.4. The molecular formula is C30H36F3N5O2S2. The first-order chi connectivity index (χ1) is 19.8. The summed E-state index contributed by atoms with van der Waals surface area (Å²) in [5.41, 5.74) is -2.59. The Hall–Kier alpha value is -3.01. The molecule has 0 bridgehead atoms. The van der Waals surface area contributed by atoms with E-state index in [1.165, 1.54) is 17.4 Å². The maximum Gasteiger partial charge on any atom is 0.417 e. The number of thiocarbonyl (C=S) groups is 1. The summed E-state index contributed by atoms with van der Waals surface area (Å²) >= 11 is 7.05. The van der Waals surface area contributed by atoms with E-state index in [1.54, 1.807) is 24.8 Å². The number of halogens is 3. The second-order valence-corrected chi connectivity index (χ2v) is 12.8. The largest absolute Gasteiger partial charge is 0.417 e. The number of rotatable bonds is 9. The lowest BCUT2D eigenvalue weighted by Crippen LogP contribution is -2.58. The van der Waals surface area contributed by atoms with Gasteiger partial charge in [-0.3, -0.25) is 19.4 Å². The molecule has 3 heterocycles. The fraction of sp³-hybridized carbons (Fsp3) is 0.533. The fourth-order valence-electron chi connectivity index (χ4n) is 5.71. The fourth-order valence-corrected chi connectivity index (χ4v) is 6.90. The van der Waals surface area contributed by atoms with Gasteiger partial charge in [0.2, 0.25) is 0 Å². The lowest BCUT2D eigenvalue weighted by atomic mass is 10.0. The third-order valence-corrected chi connectivity index (χ3v) is 9.46. The third-order valence-electron chi connectivity index (χ3n) is 8.20. The molecule has 2 aliphatic heterocycles. The minimum absolute atomic E-state index is 0.00688. The van der Waals surface area contributed by atoms with Gasteiger partial charge in [-0.2, -0.15) is 18.4 Å². The second-order valence-electron chi connectivity index (χ2n) is 11.5. The average molecular weight is 620 g/mol. The van der Waals surface area contributed by atoms with Crippen LogP contribution >= 0.6 is 23.6 Å². The molecule has 42 heavy (non-hydrogen) atoms. The maximum atomic E-state index is 13.5. The van der Waals surface area contributed by atoms with Crippen molar-refractivity contribution in [3.8, 4) is 6.07 Å². The highest BCUT2D eigenvalue weighted by molar-refractivity contribution is 7.80. The smallest absolute Gasteiger partial charge is 0.334 e. The Kier molecular flexibility index (Phi) is 9.65. The van der Waals surface area contributed by atoms with Gasteiger partial charge in [0.25, 0.3) is 11.8 Å². The highest BCUT2D eigenvalue weighted by Gasteiger charge is 2.49. The molecule has 2 aliphatic rings. The minimum atomic E-state index is -4.73. The van der Waals surface area contributed by atoms with Crippen molar-refractivity contribution in [2.45, 2.75) is 77.2 Å². The highest BCUT2D eigenvalue weighted by Crippen LogP contribution is 2.38. The quantitative estimate of drug-likeness (QED) is 0.248. The van der Waals surface area contributed by atoms with Crippen LogP contribution in [0.2, 0.25) is 0 Å². The summed E-state index contributed by atoms with van der Waals surface area (Å²) in [5.74, 6) is -0.297. The van der Waals surface area contributed by atoms with Crippen molar-refractivity contribution in [3.63, 3.8) is 0 Å². The second kappa shape index (κ2) is 12.7. The summed E-state index contributed by atoms with van der Waals surface area (Å²) in [4.78, 5) is 34.3. The number of alkyl halides is 3. The van der Waals surface area contributed by atoms with E-state index in [1.807, 2.05) is 22.4 Å². The number of carbonyl (C=O) groups is 2. The number of nitriles is 1. The zero-order valence-corrected chi connectivity index (χ0v) is 25.9. The molecule has 4 rings (SSSR count). The molecule has 0 spiro atoms. The van der Waals surface area contributed by atoms with E-state index < -0.39 is 28.7 Å². The molecule has 2 saturated heterocycles. The van der Waals surface area contributed by atoms with Crippen molar-refractivity contribution in [2.75, 3.05) is 31.1 Å². The first-order valence-electron chi connectivity index (χ1n) is 14.1. The van der Waals surface area contributed by atoms with Crippen molar-refractivity contribution in [1.29, 1.82) is 5.26 Å². The number of nitrogens with zero attached hydrogens (tertiary/aromatic N) is 5. The topological polar surface area (TPSA) is 70.9 Å². The van der Waals surface area contributed by atoms with Crippen LogP contribution in [-0.2, 0) is 11.0 Å². The number of anilines is 1. The lowest BCUT2D eigenvalue weighted by Gasteiger charge is -2.44. The average Bonchev–Trinajstić information content (AvgIpc) is 3.53. The first kappa shape index (κ1) is 31.9. The molecule has 1 aromatic heterocycles. The molecule has 0 aliphatic carbocycles. The van der Waals surface area contributed by atoms with Gasteiger partial charge in [-0.1, -0.05) is 18.9 Å². The molecule has 226 valence electrons. The van der Waals surface area contributed by atoms with Crippen molar-refractivity contribution in [2.24, 2.45) is 0 Å². The monoisotopic (exact) mass is 619 g/mol. The van der Waals surface area contributed by atoms with Crippen molar-refractivity contribution in [1.82, 2.24) is 14.7 Å². The highest BCUT2D eigenvalue weighted by atomic mass is 32.1. The van der Waals surface area contributed by atoms with Gasteiger partial charge in [0.1, 0.15) is 5.54 Å². The molecule has 2 atom stereocenters. The van der Waals surface area contributed by atoms with E-state index in [0.717, 1.165) is 60.7 Å². The Morgan fingerprint density at radius 2 is 1.79 bits per heavy atom. The molecule has 1 aromatic carbocycles. The predicted molar refractivity (Wildman–Crippen MR) is 161 cm³/mol. The van der Waals surface area contributed by atoms with Crippen molar-refractivity contribution >= 4 is 46.2 Å². The van der Waals surface area contributed by atoms with Crippen LogP contribution in [0.3, 0.4) is 0 Å². The Morgan fingerprint density at radius 1 is 1.10 bits per heavy atom. The van der Waals surface area contributed by atoms with E-state index in [2.05, 4.69) is 18.7 Å². The van der Waals surface area contributed by atoms with Gasteiger partial charge in [0, 0.05) is 31.7 Å². The normalized spacial score (nSPS) is 21.2. The molecule has 0 saturated carbocycles. The Labute approximate surface area is 254 Å². The number of carbonyl (C=O) groups excluding carboxylic acids is 2. The number of unbranched alkanes of at least 4 members (excludes halogenated alkanes) is 3. The van der Waals surface area contributed by atoms with Crippen LogP contribution in [0.5, 0.6) is 0 Å². The van der Waals surface area contributed by atoms with Crippen molar-refractivity contribution in [3.05, 3.63) is 51.7 Å². The summed E-state index contributed by atoms with van der Waals surface area (Å²) < 4.78 is 40.6. The van der Waals surface area contributed by atoms with Crippen LogP contribution in [0.25, 0.3) is 0 Å². The third kappa shape index (κ3) is 6.48. The zero-order chi connectivity index (χ0) is 30.8. The lowest BCUT2D eigenvalue weighted by molar-refractivity contribution is -0.137. The van der Waals surface area contributed by atoms with Crippen LogP contribution < -0.4 is 4.90 Å². The van der Waals surface area contributed by atoms with Crippen LogP contribution in [0, 0.1) is 11.3 Å². The maximum absolute atomic E-state index is 13.5. The van der Waals surface area contributed by atoms with Gasteiger partial charge >= 0.3 is 6.18 Å². The molecule has 2 fully saturated rings. The number of benzene rings is 1.